The minimum absolute atomic E-state index is 0.0236. The molecule has 1 aromatic carbocycles. The fourth-order valence-electron chi connectivity index (χ4n) is 4.19. The van der Waals surface area contributed by atoms with Gasteiger partial charge in [0.05, 0.1) is 11.6 Å². The predicted molar refractivity (Wildman–Crippen MR) is 115 cm³/mol. The molecule has 4 aromatic rings. The van der Waals surface area contributed by atoms with Crippen LogP contribution in [-0.2, 0) is 7.05 Å². The summed E-state index contributed by atoms with van der Waals surface area (Å²) >= 11 is 0. The third-order valence-electron chi connectivity index (χ3n) is 6.01. The maximum atomic E-state index is 13.6. The van der Waals surface area contributed by atoms with Crippen molar-refractivity contribution in [2.75, 3.05) is 26.7 Å². The molecule has 3 aromatic heterocycles. The molecule has 7 nitrogen and oxygen atoms in total. The van der Waals surface area contributed by atoms with Crippen molar-refractivity contribution in [3.63, 3.8) is 0 Å². The molecule has 1 fully saturated rings. The third kappa shape index (κ3) is 3.48. The third-order valence-corrected chi connectivity index (χ3v) is 6.01. The second-order valence-electron chi connectivity index (χ2n) is 7.98. The van der Waals surface area contributed by atoms with Crippen molar-refractivity contribution in [1.29, 1.82) is 0 Å². The van der Waals surface area contributed by atoms with Crippen molar-refractivity contribution >= 4 is 11.4 Å². The highest BCUT2D eigenvalue weighted by atomic mass is 19.1. The summed E-state index contributed by atoms with van der Waals surface area (Å²) in [6, 6.07) is 14.1. The SMILES string of the molecule is CN1CCN(C(=O)c2cccn2C)CC1c1nnn2cc(-c3cccc(F)c3)ccc12. The molecule has 0 spiro atoms. The number of aryl methyl sites for hydroxylation is 1. The number of piperazine rings is 1. The van der Waals surface area contributed by atoms with E-state index in [9.17, 15) is 9.18 Å². The summed E-state index contributed by atoms with van der Waals surface area (Å²) in [5.41, 5.74) is 4.03. The highest BCUT2D eigenvalue weighted by Gasteiger charge is 2.32. The number of hydrogen-bond donors (Lipinski definition) is 0. The van der Waals surface area contributed by atoms with Gasteiger partial charge in [0.1, 0.15) is 17.2 Å². The van der Waals surface area contributed by atoms with Crippen LogP contribution in [0, 0.1) is 5.82 Å². The maximum Gasteiger partial charge on any atom is 0.270 e. The molecule has 0 aliphatic carbocycles. The minimum atomic E-state index is -0.274. The van der Waals surface area contributed by atoms with E-state index in [0.29, 0.717) is 18.8 Å². The van der Waals surface area contributed by atoms with Crippen LogP contribution in [0.2, 0.25) is 0 Å². The van der Waals surface area contributed by atoms with Gasteiger partial charge in [0.2, 0.25) is 0 Å². The summed E-state index contributed by atoms with van der Waals surface area (Å²) in [6.45, 7) is 1.96. The van der Waals surface area contributed by atoms with Gasteiger partial charge < -0.3 is 9.47 Å². The topological polar surface area (TPSA) is 58.7 Å². The first-order valence-electron chi connectivity index (χ1n) is 10.2. The zero-order valence-electron chi connectivity index (χ0n) is 17.4. The second kappa shape index (κ2) is 7.63. The zero-order chi connectivity index (χ0) is 21.5. The number of rotatable bonds is 3. The summed E-state index contributed by atoms with van der Waals surface area (Å²) in [6.07, 6.45) is 3.74. The summed E-state index contributed by atoms with van der Waals surface area (Å²) in [5.74, 6) is -0.251. The second-order valence-corrected chi connectivity index (χ2v) is 7.98. The van der Waals surface area contributed by atoms with Gasteiger partial charge >= 0.3 is 0 Å². The van der Waals surface area contributed by atoms with Crippen molar-refractivity contribution in [3.8, 4) is 11.1 Å². The molecule has 0 radical (unpaired) electrons. The van der Waals surface area contributed by atoms with Crippen molar-refractivity contribution < 1.29 is 9.18 Å². The van der Waals surface area contributed by atoms with E-state index in [2.05, 4.69) is 15.2 Å². The van der Waals surface area contributed by atoms with Gasteiger partial charge in [-0.25, -0.2) is 8.91 Å². The molecule has 0 bridgehead atoms. The van der Waals surface area contributed by atoms with Gasteiger partial charge in [-0.3, -0.25) is 9.69 Å². The van der Waals surface area contributed by atoms with Crippen molar-refractivity contribution in [1.82, 2.24) is 29.2 Å². The van der Waals surface area contributed by atoms with Gasteiger partial charge in [-0.05, 0) is 42.9 Å². The molecule has 8 heteroatoms. The van der Waals surface area contributed by atoms with E-state index in [-0.39, 0.29) is 17.8 Å². The smallest absolute Gasteiger partial charge is 0.270 e. The van der Waals surface area contributed by atoms with Gasteiger partial charge in [-0.2, -0.15) is 0 Å². The van der Waals surface area contributed by atoms with Crippen LogP contribution in [0.5, 0.6) is 0 Å². The molecule has 1 unspecified atom stereocenters. The Hall–Kier alpha value is -3.52. The fraction of sp³-hybridized carbons (Fsp3) is 0.261. The van der Waals surface area contributed by atoms with Gasteiger partial charge in [0, 0.05) is 44.6 Å². The van der Waals surface area contributed by atoms with E-state index in [4.69, 9.17) is 0 Å². The van der Waals surface area contributed by atoms with E-state index in [0.717, 1.165) is 28.9 Å². The van der Waals surface area contributed by atoms with Crippen LogP contribution in [0.25, 0.3) is 16.6 Å². The first-order chi connectivity index (χ1) is 15.0. The Labute approximate surface area is 179 Å². The van der Waals surface area contributed by atoms with Crippen LogP contribution in [0.3, 0.4) is 0 Å². The number of benzene rings is 1. The van der Waals surface area contributed by atoms with Crippen LogP contribution in [-0.4, -0.2) is 61.8 Å². The lowest BCUT2D eigenvalue weighted by molar-refractivity contribution is 0.0533. The highest BCUT2D eigenvalue weighted by molar-refractivity contribution is 5.92. The number of carbonyl (C=O) groups excluding carboxylic acids is 1. The van der Waals surface area contributed by atoms with E-state index in [1.807, 2.05) is 66.3 Å². The lowest BCUT2D eigenvalue weighted by Crippen LogP contribution is -2.49. The molecule has 1 aliphatic rings. The van der Waals surface area contributed by atoms with Crippen molar-refractivity contribution in [2.45, 2.75) is 6.04 Å². The number of hydrogen-bond acceptors (Lipinski definition) is 4. The van der Waals surface area contributed by atoms with Crippen LogP contribution < -0.4 is 0 Å². The molecular formula is C23H23FN6O. The number of aromatic nitrogens is 4. The van der Waals surface area contributed by atoms with Crippen LogP contribution >= 0.6 is 0 Å². The molecule has 4 heterocycles. The van der Waals surface area contributed by atoms with Crippen molar-refractivity contribution in [2.24, 2.45) is 7.05 Å². The summed E-state index contributed by atoms with van der Waals surface area (Å²) < 4.78 is 17.2. The van der Waals surface area contributed by atoms with Crippen molar-refractivity contribution in [3.05, 3.63) is 78.1 Å². The van der Waals surface area contributed by atoms with Gasteiger partial charge in [-0.15, -0.1) is 5.10 Å². The largest absolute Gasteiger partial charge is 0.347 e. The highest BCUT2D eigenvalue weighted by Crippen LogP contribution is 2.28. The number of likely N-dealkylation sites (N-methyl/N-ethyl adjacent to an activating group) is 1. The zero-order valence-corrected chi connectivity index (χ0v) is 17.4. The molecule has 0 saturated carbocycles. The van der Waals surface area contributed by atoms with Crippen LogP contribution in [0.15, 0.2) is 60.9 Å². The molecule has 1 atom stereocenters. The normalized spacial score (nSPS) is 17.4. The first-order valence-corrected chi connectivity index (χ1v) is 10.2. The summed E-state index contributed by atoms with van der Waals surface area (Å²) in [7, 11) is 3.92. The number of pyridine rings is 1. The maximum absolute atomic E-state index is 13.6. The van der Waals surface area contributed by atoms with Crippen LogP contribution in [0.1, 0.15) is 22.2 Å². The number of halogens is 1. The van der Waals surface area contributed by atoms with Gasteiger partial charge in [0.25, 0.3) is 5.91 Å². The molecular weight excluding hydrogens is 395 g/mol. The number of nitrogens with zero attached hydrogens (tertiary/aromatic N) is 6. The average molecular weight is 418 g/mol. The monoisotopic (exact) mass is 418 g/mol. The predicted octanol–water partition coefficient (Wildman–Crippen LogP) is 3.00. The van der Waals surface area contributed by atoms with Gasteiger partial charge in [0.15, 0.2) is 0 Å². The molecule has 5 rings (SSSR count). The molecule has 1 amide bonds. The number of amides is 1. The molecule has 0 N–H and O–H groups in total. The standard InChI is InChI=1S/C23H23FN6O/c1-27-10-4-7-20(27)23(31)29-12-11-28(2)21(15-29)22-19-9-8-17(14-30(19)26-25-22)16-5-3-6-18(24)13-16/h3-10,13-14,21H,11-12,15H2,1-2H3. The Balaban J connectivity index is 1.45. The number of fused-ring (bicyclic) bond motifs is 1. The van der Waals surface area contributed by atoms with E-state index in [1.165, 1.54) is 12.1 Å². The number of carbonyl (C=O) groups is 1. The quantitative estimate of drug-likeness (QED) is 0.513. The molecule has 158 valence electrons. The average Bonchev–Trinajstić information content (AvgIpc) is 3.39. The Kier molecular flexibility index (Phi) is 4.78. The Morgan fingerprint density at radius 2 is 1.94 bits per heavy atom. The van der Waals surface area contributed by atoms with E-state index >= 15 is 0 Å². The first kappa shape index (κ1) is 19.4. The molecule has 1 saturated heterocycles. The summed E-state index contributed by atoms with van der Waals surface area (Å²) in [5, 5.41) is 8.76. The fourth-order valence-corrected chi connectivity index (χ4v) is 4.19. The Bertz CT molecular complexity index is 1260. The minimum Gasteiger partial charge on any atom is -0.347 e. The lowest BCUT2D eigenvalue weighted by Gasteiger charge is -2.38. The van der Waals surface area contributed by atoms with Crippen LogP contribution in [0.4, 0.5) is 4.39 Å². The molecule has 31 heavy (non-hydrogen) atoms. The Morgan fingerprint density at radius 3 is 2.71 bits per heavy atom. The summed E-state index contributed by atoms with van der Waals surface area (Å²) in [4.78, 5) is 17.1. The van der Waals surface area contributed by atoms with Gasteiger partial charge in [-0.1, -0.05) is 23.4 Å². The van der Waals surface area contributed by atoms with E-state index in [1.54, 1.807) is 10.6 Å². The Morgan fingerprint density at radius 1 is 1.06 bits per heavy atom. The lowest BCUT2D eigenvalue weighted by atomic mass is 10.1. The van der Waals surface area contributed by atoms with E-state index < -0.39 is 0 Å². The molecule has 1 aliphatic heterocycles.